The van der Waals surface area contributed by atoms with Crippen LogP contribution in [0.3, 0.4) is 0 Å². The third-order valence-electron chi connectivity index (χ3n) is 3.39. The molecule has 21 heavy (non-hydrogen) atoms. The summed E-state index contributed by atoms with van der Waals surface area (Å²) in [5.41, 5.74) is 1.22. The summed E-state index contributed by atoms with van der Waals surface area (Å²) >= 11 is 1.84. The van der Waals surface area contributed by atoms with E-state index in [1.54, 1.807) is 6.20 Å². The van der Waals surface area contributed by atoms with Crippen molar-refractivity contribution in [2.45, 2.75) is 39.2 Å². The number of nitrogens with zero attached hydrogens (tertiary/aromatic N) is 1. The first kappa shape index (κ1) is 16.0. The quantitative estimate of drug-likeness (QED) is 0.753. The van der Waals surface area contributed by atoms with E-state index in [4.69, 9.17) is 4.74 Å². The van der Waals surface area contributed by atoms with Crippen LogP contribution in [-0.4, -0.2) is 18.1 Å². The van der Waals surface area contributed by atoms with Crippen LogP contribution in [0, 0.1) is 0 Å². The number of nitrogens with one attached hydrogen (secondary N) is 1. The zero-order valence-corrected chi connectivity index (χ0v) is 13.7. The Kier molecular flexibility index (Phi) is 6.70. The van der Waals surface area contributed by atoms with Gasteiger partial charge in [0.25, 0.3) is 0 Å². The minimum atomic E-state index is 0.350. The van der Waals surface area contributed by atoms with Crippen molar-refractivity contribution >= 4 is 11.3 Å². The Hall–Kier alpha value is -1.39. The van der Waals surface area contributed by atoms with Gasteiger partial charge >= 0.3 is 0 Å². The van der Waals surface area contributed by atoms with Crippen molar-refractivity contribution in [2.75, 3.05) is 13.2 Å². The molecule has 0 aliphatic heterocycles. The van der Waals surface area contributed by atoms with Gasteiger partial charge in [-0.15, -0.1) is 11.3 Å². The van der Waals surface area contributed by atoms with Crippen molar-refractivity contribution in [3.05, 3.63) is 46.4 Å². The highest BCUT2D eigenvalue weighted by Crippen LogP contribution is 2.23. The van der Waals surface area contributed by atoms with Crippen LogP contribution in [0.15, 0.2) is 36.0 Å². The SMILES string of the molecule is CCNC(CCCc1cccs1)c1cncc(OCC)c1. The zero-order chi connectivity index (χ0) is 14.9. The molecule has 0 spiro atoms. The maximum Gasteiger partial charge on any atom is 0.137 e. The molecule has 0 aliphatic rings. The van der Waals surface area contributed by atoms with Gasteiger partial charge in [-0.05, 0) is 55.8 Å². The molecule has 0 saturated heterocycles. The van der Waals surface area contributed by atoms with Crippen LogP contribution < -0.4 is 10.1 Å². The van der Waals surface area contributed by atoms with Crippen LogP contribution in [0.5, 0.6) is 5.75 Å². The number of hydrogen-bond acceptors (Lipinski definition) is 4. The molecular formula is C17H24N2OS. The average Bonchev–Trinajstić information content (AvgIpc) is 3.00. The number of pyridine rings is 1. The second kappa shape index (κ2) is 8.80. The number of aryl methyl sites for hydroxylation is 1. The highest BCUT2D eigenvalue weighted by molar-refractivity contribution is 7.09. The molecule has 2 rings (SSSR count). The smallest absolute Gasteiger partial charge is 0.137 e. The van der Waals surface area contributed by atoms with Gasteiger partial charge in [0.15, 0.2) is 0 Å². The van der Waals surface area contributed by atoms with E-state index in [0.717, 1.165) is 25.1 Å². The van der Waals surface area contributed by atoms with Crippen molar-refractivity contribution in [1.29, 1.82) is 0 Å². The van der Waals surface area contributed by atoms with Crippen LogP contribution in [0.4, 0.5) is 0 Å². The Morgan fingerprint density at radius 1 is 1.33 bits per heavy atom. The summed E-state index contributed by atoms with van der Waals surface area (Å²) < 4.78 is 5.55. The third-order valence-corrected chi connectivity index (χ3v) is 4.33. The Bertz CT molecular complexity index is 513. The molecule has 2 aromatic heterocycles. The van der Waals surface area contributed by atoms with Gasteiger partial charge < -0.3 is 10.1 Å². The molecule has 0 saturated carbocycles. The predicted molar refractivity (Wildman–Crippen MR) is 89.1 cm³/mol. The van der Waals surface area contributed by atoms with Crippen LogP contribution in [0.25, 0.3) is 0 Å². The molecular weight excluding hydrogens is 280 g/mol. The predicted octanol–water partition coefficient (Wildman–Crippen LogP) is 4.22. The summed E-state index contributed by atoms with van der Waals surface area (Å²) in [4.78, 5) is 5.77. The second-order valence-electron chi connectivity index (χ2n) is 4.97. The van der Waals surface area contributed by atoms with E-state index in [1.165, 1.54) is 16.9 Å². The maximum atomic E-state index is 5.55. The molecule has 0 aliphatic carbocycles. The lowest BCUT2D eigenvalue weighted by atomic mass is 10.0. The fourth-order valence-corrected chi connectivity index (χ4v) is 3.19. The number of rotatable bonds is 9. The van der Waals surface area contributed by atoms with Crippen molar-refractivity contribution in [3.63, 3.8) is 0 Å². The van der Waals surface area contributed by atoms with Crippen molar-refractivity contribution in [2.24, 2.45) is 0 Å². The summed E-state index contributed by atoms with van der Waals surface area (Å²) in [5.74, 6) is 0.858. The second-order valence-corrected chi connectivity index (χ2v) is 6.00. The van der Waals surface area contributed by atoms with Crippen LogP contribution in [0.2, 0.25) is 0 Å². The number of thiophene rings is 1. The molecule has 1 unspecified atom stereocenters. The third kappa shape index (κ3) is 5.14. The van der Waals surface area contributed by atoms with E-state index in [1.807, 2.05) is 24.5 Å². The van der Waals surface area contributed by atoms with E-state index in [2.05, 4.69) is 40.8 Å². The first-order valence-electron chi connectivity index (χ1n) is 7.67. The summed E-state index contributed by atoms with van der Waals surface area (Å²) in [7, 11) is 0. The molecule has 2 heterocycles. The molecule has 3 nitrogen and oxygen atoms in total. The van der Waals surface area contributed by atoms with Gasteiger partial charge in [0.05, 0.1) is 12.8 Å². The molecule has 114 valence electrons. The van der Waals surface area contributed by atoms with Gasteiger partial charge in [-0.25, -0.2) is 0 Å². The van der Waals surface area contributed by atoms with E-state index in [9.17, 15) is 0 Å². The van der Waals surface area contributed by atoms with Crippen molar-refractivity contribution in [1.82, 2.24) is 10.3 Å². The fraction of sp³-hybridized carbons (Fsp3) is 0.471. The molecule has 0 radical (unpaired) electrons. The Labute approximate surface area is 131 Å². The Morgan fingerprint density at radius 2 is 2.24 bits per heavy atom. The molecule has 2 aromatic rings. The van der Waals surface area contributed by atoms with E-state index in [-0.39, 0.29) is 0 Å². The maximum absolute atomic E-state index is 5.55. The minimum absolute atomic E-state index is 0.350. The van der Waals surface area contributed by atoms with Crippen LogP contribution in [-0.2, 0) is 6.42 Å². The topological polar surface area (TPSA) is 34.2 Å². The van der Waals surface area contributed by atoms with Gasteiger partial charge in [0.2, 0.25) is 0 Å². The molecule has 1 N–H and O–H groups in total. The van der Waals surface area contributed by atoms with Gasteiger partial charge in [-0.2, -0.15) is 0 Å². The molecule has 0 aromatic carbocycles. The monoisotopic (exact) mass is 304 g/mol. The number of aromatic nitrogens is 1. The van der Waals surface area contributed by atoms with E-state index >= 15 is 0 Å². The highest BCUT2D eigenvalue weighted by atomic mass is 32.1. The fourth-order valence-electron chi connectivity index (χ4n) is 2.44. The molecule has 0 amide bonds. The van der Waals surface area contributed by atoms with Gasteiger partial charge in [0.1, 0.15) is 5.75 Å². The highest BCUT2D eigenvalue weighted by Gasteiger charge is 2.11. The van der Waals surface area contributed by atoms with Crippen molar-refractivity contribution in [3.8, 4) is 5.75 Å². The lowest BCUT2D eigenvalue weighted by Crippen LogP contribution is -2.21. The van der Waals surface area contributed by atoms with E-state index in [0.29, 0.717) is 12.6 Å². The Balaban J connectivity index is 1.95. The number of hydrogen-bond donors (Lipinski definition) is 1. The van der Waals surface area contributed by atoms with Gasteiger partial charge in [-0.1, -0.05) is 13.0 Å². The average molecular weight is 304 g/mol. The molecule has 0 bridgehead atoms. The standard InChI is InChI=1S/C17H24N2OS/c1-3-19-17(9-5-7-16-8-6-10-21-16)14-11-15(20-4-2)13-18-12-14/h6,8,10-13,17,19H,3-5,7,9H2,1-2H3. The summed E-state index contributed by atoms with van der Waals surface area (Å²) in [6, 6.07) is 6.79. The largest absolute Gasteiger partial charge is 0.492 e. The van der Waals surface area contributed by atoms with Crippen LogP contribution in [0.1, 0.15) is 43.2 Å². The summed E-state index contributed by atoms with van der Waals surface area (Å²) in [6.07, 6.45) is 7.17. The summed E-state index contributed by atoms with van der Waals surface area (Å²) in [6.45, 7) is 5.78. The van der Waals surface area contributed by atoms with Gasteiger partial charge in [0, 0.05) is 17.1 Å². The lowest BCUT2D eigenvalue weighted by molar-refractivity contribution is 0.337. The molecule has 1 atom stereocenters. The minimum Gasteiger partial charge on any atom is -0.492 e. The molecule has 4 heteroatoms. The normalized spacial score (nSPS) is 12.3. The first-order chi connectivity index (χ1) is 10.3. The number of ether oxygens (including phenoxy) is 1. The summed E-state index contributed by atoms with van der Waals surface area (Å²) in [5, 5.41) is 5.70. The van der Waals surface area contributed by atoms with E-state index < -0.39 is 0 Å². The zero-order valence-electron chi connectivity index (χ0n) is 12.8. The van der Waals surface area contributed by atoms with Crippen molar-refractivity contribution < 1.29 is 4.74 Å². The first-order valence-corrected chi connectivity index (χ1v) is 8.55. The van der Waals surface area contributed by atoms with Gasteiger partial charge in [-0.3, -0.25) is 4.98 Å². The lowest BCUT2D eigenvalue weighted by Gasteiger charge is -2.18. The van der Waals surface area contributed by atoms with Crippen LogP contribution >= 0.6 is 11.3 Å². The molecule has 0 fully saturated rings. The Morgan fingerprint density at radius 3 is 2.95 bits per heavy atom.